The molecule has 4 aromatic rings. The lowest BCUT2D eigenvalue weighted by Crippen LogP contribution is -2.12. The molecule has 1 aliphatic rings. The molecule has 1 N–H and O–H groups in total. The van der Waals surface area contributed by atoms with Crippen molar-refractivity contribution in [2.24, 2.45) is 0 Å². The lowest BCUT2D eigenvalue weighted by molar-refractivity contribution is -0.118. The number of hydrogen-bond acceptors (Lipinski definition) is 4. The van der Waals surface area contributed by atoms with Crippen LogP contribution in [0.15, 0.2) is 77.5 Å². The predicted octanol–water partition coefficient (Wildman–Crippen LogP) is 7.29. The van der Waals surface area contributed by atoms with Crippen LogP contribution in [-0.2, 0) is 17.6 Å². The first-order valence-corrected chi connectivity index (χ1v) is 11.9. The first kappa shape index (κ1) is 23.9. The zero-order valence-corrected chi connectivity index (χ0v) is 19.9. The first-order chi connectivity index (χ1) is 17.4. The fraction of sp³-hybridized carbons (Fsp3) is 0.172. The molecule has 0 bridgehead atoms. The number of ketones is 1. The van der Waals surface area contributed by atoms with Gasteiger partial charge in [0, 0.05) is 35.4 Å². The van der Waals surface area contributed by atoms with Gasteiger partial charge in [-0.25, -0.2) is 8.78 Å². The molecule has 1 aliphatic carbocycles. The molecule has 36 heavy (non-hydrogen) atoms. The molecule has 0 unspecified atom stereocenters. The monoisotopic (exact) mass is 505 g/mol. The van der Waals surface area contributed by atoms with Gasteiger partial charge in [0.15, 0.2) is 0 Å². The normalized spacial score (nSPS) is 13.4. The van der Waals surface area contributed by atoms with Crippen LogP contribution in [0.1, 0.15) is 41.1 Å². The number of carbonyl (C=O) groups excluding carboxylic acids is 1. The fourth-order valence-electron chi connectivity index (χ4n) is 4.78. The Hall–Kier alpha value is -3.77. The lowest BCUT2D eigenvalue weighted by Gasteiger charge is -2.17. The van der Waals surface area contributed by atoms with E-state index in [1.807, 2.05) is 24.3 Å². The van der Waals surface area contributed by atoms with Crippen molar-refractivity contribution >= 4 is 23.0 Å². The number of halogens is 3. The molecule has 1 atom stereocenters. The average molecular weight is 506 g/mol. The van der Waals surface area contributed by atoms with Crippen molar-refractivity contribution < 1.29 is 23.2 Å². The van der Waals surface area contributed by atoms with E-state index in [-0.39, 0.29) is 30.8 Å². The van der Waals surface area contributed by atoms with Gasteiger partial charge in [-0.2, -0.15) is 0 Å². The number of phenols is 1. The van der Waals surface area contributed by atoms with Gasteiger partial charge in [-0.15, -0.1) is 0 Å². The van der Waals surface area contributed by atoms with E-state index < -0.39 is 17.6 Å². The van der Waals surface area contributed by atoms with Crippen LogP contribution in [0.5, 0.6) is 5.75 Å². The van der Waals surface area contributed by atoms with E-state index in [1.54, 1.807) is 24.3 Å². The summed E-state index contributed by atoms with van der Waals surface area (Å²) in [6.07, 6.45) is 4.67. The van der Waals surface area contributed by atoms with Gasteiger partial charge in [0.1, 0.15) is 29.4 Å². The van der Waals surface area contributed by atoms with Crippen molar-refractivity contribution in [3.8, 4) is 16.9 Å². The highest BCUT2D eigenvalue weighted by Crippen LogP contribution is 2.36. The second-order valence-electron chi connectivity index (χ2n) is 8.99. The number of carbonyl (C=O) groups is 1. The Morgan fingerprint density at radius 1 is 1.03 bits per heavy atom. The van der Waals surface area contributed by atoms with Crippen molar-refractivity contribution in [1.29, 1.82) is 0 Å². The summed E-state index contributed by atoms with van der Waals surface area (Å²) in [5.74, 6) is -1.74. The van der Waals surface area contributed by atoms with Gasteiger partial charge in [-0.05, 0) is 77.1 Å². The molecule has 0 fully saturated rings. The third kappa shape index (κ3) is 5.24. The molecule has 182 valence electrons. The standard InChI is InChI=1S/C29H22ClF2NO3/c30-22-6-3-19(4-7-22)28-16-36-33-29(28)21(9-17-10-23(31)14-24(32)11-17)13-26(35)12-20-2-1-18-5-8-25(34)15-27(18)20/h2-8,10-11,14-16,21,34H,1,9,12-13H2/t21-/m0/s1. The number of allylic oxidation sites excluding steroid dienone is 2. The SMILES string of the molecule is O=C(CC1=CCc2ccc(O)cc21)C[C@H](Cc1cc(F)cc(F)c1)c1nocc1-c1ccc(Cl)cc1. The maximum Gasteiger partial charge on any atom is 0.137 e. The highest BCUT2D eigenvalue weighted by molar-refractivity contribution is 6.30. The van der Waals surface area contributed by atoms with Gasteiger partial charge >= 0.3 is 0 Å². The smallest absolute Gasteiger partial charge is 0.137 e. The number of nitrogens with zero attached hydrogens (tertiary/aromatic N) is 1. The van der Waals surface area contributed by atoms with E-state index in [2.05, 4.69) is 5.16 Å². The number of rotatable bonds is 8. The van der Waals surface area contributed by atoms with Gasteiger partial charge < -0.3 is 9.63 Å². The van der Waals surface area contributed by atoms with E-state index >= 15 is 0 Å². The number of hydrogen-bond donors (Lipinski definition) is 1. The Morgan fingerprint density at radius 3 is 2.53 bits per heavy atom. The molecular weight excluding hydrogens is 484 g/mol. The highest BCUT2D eigenvalue weighted by atomic mass is 35.5. The third-order valence-corrected chi connectivity index (χ3v) is 6.67. The Kier molecular flexibility index (Phi) is 6.70. The molecule has 0 amide bonds. The summed E-state index contributed by atoms with van der Waals surface area (Å²) in [5, 5.41) is 14.7. The van der Waals surface area contributed by atoms with Crippen molar-refractivity contribution in [3.63, 3.8) is 0 Å². The number of aromatic hydroxyl groups is 1. The van der Waals surface area contributed by atoms with E-state index in [1.165, 1.54) is 18.4 Å². The van der Waals surface area contributed by atoms with E-state index in [0.717, 1.165) is 28.3 Å². The van der Waals surface area contributed by atoms with Crippen LogP contribution in [0.3, 0.4) is 0 Å². The molecule has 1 aromatic heterocycles. The summed E-state index contributed by atoms with van der Waals surface area (Å²) in [6, 6.07) is 15.6. The molecule has 7 heteroatoms. The Labute approximate surface area is 211 Å². The number of phenolic OH excluding ortho intramolecular Hbond substituents is 1. The molecule has 0 radical (unpaired) electrons. The maximum absolute atomic E-state index is 13.9. The minimum absolute atomic E-state index is 0.0515. The Balaban J connectivity index is 1.44. The Bertz CT molecular complexity index is 1440. The van der Waals surface area contributed by atoms with Crippen LogP contribution in [-0.4, -0.2) is 16.0 Å². The molecule has 0 spiro atoms. The number of aromatic nitrogens is 1. The van der Waals surface area contributed by atoms with Gasteiger partial charge in [0.05, 0.1) is 5.69 Å². The second kappa shape index (κ2) is 10.1. The van der Waals surface area contributed by atoms with Crippen LogP contribution in [0.25, 0.3) is 16.7 Å². The molecule has 0 saturated heterocycles. The quantitative estimate of drug-likeness (QED) is 0.273. The topological polar surface area (TPSA) is 63.3 Å². The Morgan fingerprint density at radius 2 is 1.78 bits per heavy atom. The first-order valence-electron chi connectivity index (χ1n) is 11.5. The minimum atomic E-state index is -0.680. The van der Waals surface area contributed by atoms with Crippen LogP contribution in [0, 0.1) is 11.6 Å². The van der Waals surface area contributed by atoms with Crippen molar-refractivity contribution in [2.75, 3.05) is 0 Å². The zero-order valence-electron chi connectivity index (χ0n) is 19.2. The van der Waals surface area contributed by atoms with E-state index in [0.29, 0.717) is 28.3 Å². The fourth-order valence-corrected chi connectivity index (χ4v) is 4.90. The van der Waals surface area contributed by atoms with Gasteiger partial charge in [-0.1, -0.05) is 41.0 Å². The van der Waals surface area contributed by atoms with Gasteiger partial charge in [0.2, 0.25) is 0 Å². The predicted molar refractivity (Wildman–Crippen MR) is 134 cm³/mol. The van der Waals surface area contributed by atoms with Crippen LogP contribution in [0.4, 0.5) is 8.78 Å². The lowest BCUT2D eigenvalue weighted by atomic mass is 9.86. The third-order valence-electron chi connectivity index (χ3n) is 6.41. The highest BCUT2D eigenvalue weighted by Gasteiger charge is 2.26. The molecule has 3 aromatic carbocycles. The molecule has 1 heterocycles. The van der Waals surface area contributed by atoms with E-state index in [9.17, 15) is 18.7 Å². The van der Waals surface area contributed by atoms with Crippen molar-refractivity contribution in [3.05, 3.63) is 112 Å². The summed E-state index contributed by atoms with van der Waals surface area (Å²) >= 11 is 6.03. The second-order valence-corrected chi connectivity index (χ2v) is 9.43. The van der Waals surface area contributed by atoms with E-state index in [4.69, 9.17) is 16.1 Å². The summed E-state index contributed by atoms with van der Waals surface area (Å²) in [7, 11) is 0. The van der Waals surface area contributed by atoms with Crippen LogP contribution in [0.2, 0.25) is 5.02 Å². The summed E-state index contributed by atoms with van der Waals surface area (Å²) < 4.78 is 33.1. The minimum Gasteiger partial charge on any atom is -0.508 e. The zero-order chi connectivity index (χ0) is 25.2. The van der Waals surface area contributed by atoms with Crippen molar-refractivity contribution in [2.45, 2.75) is 31.6 Å². The molecule has 4 nitrogen and oxygen atoms in total. The molecular formula is C29H22ClF2NO3. The average Bonchev–Trinajstić information content (AvgIpc) is 3.46. The van der Waals surface area contributed by atoms with Crippen LogP contribution >= 0.6 is 11.6 Å². The summed E-state index contributed by atoms with van der Waals surface area (Å²) in [4.78, 5) is 13.3. The molecule has 5 rings (SSSR count). The molecule has 0 aliphatic heterocycles. The summed E-state index contributed by atoms with van der Waals surface area (Å²) in [5.41, 5.74) is 5.25. The molecule has 0 saturated carbocycles. The number of benzene rings is 3. The van der Waals surface area contributed by atoms with Crippen LogP contribution < -0.4 is 0 Å². The van der Waals surface area contributed by atoms with Gasteiger partial charge in [-0.3, -0.25) is 4.79 Å². The van der Waals surface area contributed by atoms with Crippen molar-refractivity contribution in [1.82, 2.24) is 5.16 Å². The summed E-state index contributed by atoms with van der Waals surface area (Å²) in [6.45, 7) is 0. The number of Topliss-reactive ketones (excluding diaryl/α,β-unsaturated/α-hetero) is 1. The maximum atomic E-state index is 13.9. The largest absolute Gasteiger partial charge is 0.508 e. The van der Waals surface area contributed by atoms with Gasteiger partial charge in [0.25, 0.3) is 0 Å². The number of fused-ring (bicyclic) bond motifs is 1.